The summed E-state index contributed by atoms with van der Waals surface area (Å²) in [6.07, 6.45) is 4.52. The maximum Gasteiger partial charge on any atom is 0.110 e. The molecule has 0 aromatic carbocycles. The Morgan fingerprint density at radius 3 is 2.93 bits per heavy atom. The average Bonchev–Trinajstić information content (AvgIpc) is 2.50. The van der Waals surface area contributed by atoms with E-state index in [1.807, 2.05) is 19.3 Å². The number of imidazole rings is 1. The number of aryl methyl sites for hydroxylation is 1. The molecular formula is C10H19N3O. The van der Waals surface area contributed by atoms with Crippen LogP contribution in [0, 0.1) is 0 Å². The molecule has 0 amide bonds. The van der Waals surface area contributed by atoms with E-state index in [0.29, 0.717) is 6.61 Å². The van der Waals surface area contributed by atoms with Crippen molar-refractivity contribution in [3.8, 4) is 0 Å². The van der Waals surface area contributed by atoms with Gasteiger partial charge in [0.2, 0.25) is 0 Å². The van der Waals surface area contributed by atoms with E-state index in [2.05, 4.69) is 16.5 Å². The Morgan fingerprint density at radius 1 is 1.64 bits per heavy atom. The average molecular weight is 197 g/mol. The van der Waals surface area contributed by atoms with Crippen molar-refractivity contribution in [2.24, 2.45) is 5.73 Å². The van der Waals surface area contributed by atoms with Crippen molar-refractivity contribution in [3.05, 3.63) is 18.2 Å². The minimum atomic E-state index is -0.340. The highest BCUT2D eigenvalue weighted by Gasteiger charge is 2.21. The second kappa shape index (κ2) is 4.57. The fourth-order valence-electron chi connectivity index (χ4n) is 1.54. The second-order valence-corrected chi connectivity index (χ2v) is 3.89. The van der Waals surface area contributed by atoms with Crippen molar-refractivity contribution in [2.75, 3.05) is 13.7 Å². The molecule has 0 saturated carbocycles. The van der Waals surface area contributed by atoms with Gasteiger partial charge in [0.05, 0.1) is 6.61 Å². The summed E-state index contributed by atoms with van der Waals surface area (Å²) in [5.74, 6) is 1.02. The van der Waals surface area contributed by atoms with Gasteiger partial charge in [-0.2, -0.15) is 0 Å². The number of methoxy groups -OCH3 is 1. The van der Waals surface area contributed by atoms with Gasteiger partial charge in [-0.15, -0.1) is 0 Å². The number of ether oxygens (including phenoxy) is 1. The molecule has 1 atom stereocenters. The lowest BCUT2D eigenvalue weighted by molar-refractivity contribution is 0.139. The predicted molar refractivity (Wildman–Crippen MR) is 56.1 cm³/mol. The zero-order chi connectivity index (χ0) is 10.6. The quantitative estimate of drug-likeness (QED) is 0.760. The molecule has 0 aliphatic rings. The highest BCUT2D eigenvalue weighted by molar-refractivity contribution is 4.99. The Labute approximate surface area is 85.1 Å². The standard InChI is InChI=1S/C10H19N3O/c1-4-13-6-5-12-9(13)7-10(2,11)8-14-3/h5-6H,4,7-8,11H2,1-3H3. The first-order valence-corrected chi connectivity index (χ1v) is 4.87. The van der Waals surface area contributed by atoms with Crippen molar-refractivity contribution in [3.63, 3.8) is 0 Å². The summed E-state index contributed by atoms with van der Waals surface area (Å²) in [6.45, 7) is 5.54. The van der Waals surface area contributed by atoms with Crippen LogP contribution in [0.2, 0.25) is 0 Å². The lowest BCUT2D eigenvalue weighted by atomic mass is 10.0. The molecule has 1 heterocycles. The van der Waals surface area contributed by atoms with Crippen LogP contribution in [-0.2, 0) is 17.7 Å². The van der Waals surface area contributed by atoms with Gasteiger partial charge in [-0.3, -0.25) is 0 Å². The van der Waals surface area contributed by atoms with E-state index in [0.717, 1.165) is 18.8 Å². The van der Waals surface area contributed by atoms with E-state index in [4.69, 9.17) is 10.5 Å². The van der Waals surface area contributed by atoms with Crippen LogP contribution in [0.25, 0.3) is 0 Å². The van der Waals surface area contributed by atoms with Gasteiger partial charge in [0.15, 0.2) is 0 Å². The molecule has 2 N–H and O–H groups in total. The van der Waals surface area contributed by atoms with Crippen molar-refractivity contribution in [1.29, 1.82) is 0 Å². The molecule has 1 aromatic heterocycles. The first-order chi connectivity index (χ1) is 6.59. The number of nitrogens with zero attached hydrogens (tertiary/aromatic N) is 2. The summed E-state index contributed by atoms with van der Waals surface area (Å²) in [5.41, 5.74) is 5.72. The van der Waals surface area contributed by atoms with E-state index in [9.17, 15) is 0 Å². The summed E-state index contributed by atoms with van der Waals surface area (Å²) in [7, 11) is 1.66. The van der Waals surface area contributed by atoms with Gasteiger partial charge < -0.3 is 15.0 Å². The third kappa shape index (κ3) is 2.82. The van der Waals surface area contributed by atoms with Crippen LogP contribution < -0.4 is 5.73 Å². The van der Waals surface area contributed by atoms with E-state index in [-0.39, 0.29) is 5.54 Å². The van der Waals surface area contributed by atoms with Crippen LogP contribution in [-0.4, -0.2) is 28.8 Å². The van der Waals surface area contributed by atoms with Gasteiger partial charge in [-0.05, 0) is 13.8 Å². The third-order valence-electron chi connectivity index (χ3n) is 2.18. The summed E-state index contributed by atoms with van der Waals surface area (Å²) in [5, 5.41) is 0. The van der Waals surface area contributed by atoms with E-state index >= 15 is 0 Å². The van der Waals surface area contributed by atoms with E-state index < -0.39 is 0 Å². The molecule has 0 spiro atoms. The molecule has 0 fully saturated rings. The minimum Gasteiger partial charge on any atom is -0.383 e. The molecule has 80 valence electrons. The molecule has 1 unspecified atom stereocenters. The van der Waals surface area contributed by atoms with Gasteiger partial charge >= 0.3 is 0 Å². The number of hydrogen-bond donors (Lipinski definition) is 1. The summed E-state index contributed by atoms with van der Waals surface area (Å²) in [4.78, 5) is 4.28. The van der Waals surface area contributed by atoms with Crippen LogP contribution in [0.3, 0.4) is 0 Å². The number of rotatable bonds is 5. The van der Waals surface area contributed by atoms with Crippen molar-refractivity contribution < 1.29 is 4.74 Å². The zero-order valence-electron chi connectivity index (χ0n) is 9.16. The molecule has 4 heteroatoms. The molecule has 0 radical (unpaired) electrons. The fraction of sp³-hybridized carbons (Fsp3) is 0.700. The van der Waals surface area contributed by atoms with E-state index in [1.54, 1.807) is 7.11 Å². The molecule has 0 saturated heterocycles. The molecular weight excluding hydrogens is 178 g/mol. The molecule has 1 aromatic rings. The first-order valence-electron chi connectivity index (χ1n) is 4.87. The zero-order valence-corrected chi connectivity index (χ0v) is 9.16. The SMILES string of the molecule is CCn1ccnc1CC(C)(N)COC. The predicted octanol–water partition coefficient (Wildman–Crippen LogP) is 0.809. The van der Waals surface area contributed by atoms with Crippen LogP contribution >= 0.6 is 0 Å². The number of nitrogens with two attached hydrogens (primary N) is 1. The minimum absolute atomic E-state index is 0.340. The Hall–Kier alpha value is -0.870. The van der Waals surface area contributed by atoms with Gasteiger partial charge in [0.1, 0.15) is 5.82 Å². The highest BCUT2D eigenvalue weighted by atomic mass is 16.5. The fourth-order valence-corrected chi connectivity index (χ4v) is 1.54. The van der Waals surface area contributed by atoms with Crippen molar-refractivity contribution in [2.45, 2.75) is 32.4 Å². The second-order valence-electron chi connectivity index (χ2n) is 3.89. The molecule has 0 aliphatic carbocycles. The molecule has 0 bridgehead atoms. The maximum atomic E-state index is 6.06. The number of hydrogen-bond acceptors (Lipinski definition) is 3. The van der Waals surface area contributed by atoms with Crippen molar-refractivity contribution >= 4 is 0 Å². The Balaban J connectivity index is 2.67. The smallest absolute Gasteiger partial charge is 0.110 e. The van der Waals surface area contributed by atoms with Crippen molar-refractivity contribution in [1.82, 2.24) is 9.55 Å². The number of aromatic nitrogens is 2. The summed E-state index contributed by atoms with van der Waals surface area (Å²) < 4.78 is 7.16. The maximum absolute atomic E-state index is 6.06. The normalized spacial score (nSPS) is 15.4. The Morgan fingerprint density at radius 2 is 2.36 bits per heavy atom. The van der Waals surface area contributed by atoms with Gasteiger partial charge in [-0.25, -0.2) is 4.98 Å². The van der Waals surface area contributed by atoms with Gasteiger partial charge in [0.25, 0.3) is 0 Å². The summed E-state index contributed by atoms with van der Waals surface area (Å²) in [6, 6.07) is 0. The van der Waals surface area contributed by atoms with Crippen LogP contribution in [0.4, 0.5) is 0 Å². The summed E-state index contributed by atoms with van der Waals surface area (Å²) >= 11 is 0. The molecule has 0 aliphatic heterocycles. The first kappa shape index (κ1) is 11.2. The largest absolute Gasteiger partial charge is 0.383 e. The van der Waals surface area contributed by atoms with E-state index in [1.165, 1.54) is 0 Å². The monoisotopic (exact) mass is 197 g/mol. The Kier molecular flexibility index (Phi) is 3.66. The molecule has 1 rings (SSSR count). The lowest BCUT2D eigenvalue weighted by Crippen LogP contribution is -2.43. The Bertz CT molecular complexity index is 281. The highest BCUT2D eigenvalue weighted by Crippen LogP contribution is 2.09. The third-order valence-corrected chi connectivity index (χ3v) is 2.18. The van der Waals surface area contributed by atoms with Crippen LogP contribution in [0.5, 0.6) is 0 Å². The molecule has 4 nitrogen and oxygen atoms in total. The van der Waals surface area contributed by atoms with Gasteiger partial charge in [-0.1, -0.05) is 0 Å². The topological polar surface area (TPSA) is 53.1 Å². The van der Waals surface area contributed by atoms with Gasteiger partial charge in [0, 0.05) is 38.0 Å². The van der Waals surface area contributed by atoms with Crippen LogP contribution in [0.1, 0.15) is 19.7 Å². The molecule has 14 heavy (non-hydrogen) atoms. The van der Waals surface area contributed by atoms with Crippen LogP contribution in [0.15, 0.2) is 12.4 Å². The lowest BCUT2D eigenvalue weighted by Gasteiger charge is -2.23.